The molecule has 0 amide bonds. The maximum Gasteiger partial charge on any atom is 0.0456 e. The Morgan fingerprint density at radius 2 is 1.88 bits per heavy atom. The third kappa shape index (κ3) is 3.42. The van der Waals surface area contributed by atoms with Gasteiger partial charge in [0.05, 0.1) is 0 Å². The number of nitrogens with one attached hydrogen (secondary N) is 1. The van der Waals surface area contributed by atoms with Crippen LogP contribution in [0.3, 0.4) is 0 Å². The van der Waals surface area contributed by atoms with Crippen LogP contribution in [0.15, 0.2) is 54.6 Å². The van der Waals surface area contributed by atoms with Crippen molar-refractivity contribution in [2.75, 3.05) is 19.6 Å². The number of nitrogens with two attached hydrogens (primary N) is 1. The molecule has 3 aromatic rings. The van der Waals surface area contributed by atoms with Crippen LogP contribution in [0.25, 0.3) is 10.9 Å². The van der Waals surface area contributed by atoms with E-state index in [9.17, 15) is 0 Å². The number of aromatic amines is 1. The third-order valence-electron chi connectivity index (χ3n) is 5.75. The standard InChI is InChI=1S/C23H29N3/c1-17-15-20-16-19(9-10-22(20)25-17)23-21(18-7-3-2-4-8-18)11-14-26(23)13-6-5-12-24/h2-4,7-10,15-16,21,23,25H,5-6,11-14,24H2,1H3. The van der Waals surface area contributed by atoms with Crippen molar-refractivity contribution in [1.82, 2.24) is 9.88 Å². The largest absolute Gasteiger partial charge is 0.359 e. The molecule has 4 rings (SSSR count). The lowest BCUT2D eigenvalue weighted by atomic mass is 9.87. The summed E-state index contributed by atoms with van der Waals surface area (Å²) in [6.45, 7) is 5.21. The van der Waals surface area contributed by atoms with E-state index in [1.54, 1.807) is 0 Å². The number of fused-ring (bicyclic) bond motifs is 1. The number of benzene rings is 2. The molecular formula is C23H29N3. The molecule has 2 heterocycles. The smallest absolute Gasteiger partial charge is 0.0456 e. The van der Waals surface area contributed by atoms with E-state index < -0.39 is 0 Å². The van der Waals surface area contributed by atoms with Gasteiger partial charge in [0.2, 0.25) is 0 Å². The molecule has 0 aliphatic carbocycles. The Morgan fingerprint density at radius 3 is 2.69 bits per heavy atom. The minimum Gasteiger partial charge on any atom is -0.359 e. The molecule has 3 nitrogen and oxygen atoms in total. The number of aromatic nitrogens is 1. The van der Waals surface area contributed by atoms with Crippen LogP contribution in [-0.2, 0) is 0 Å². The molecule has 136 valence electrons. The van der Waals surface area contributed by atoms with E-state index in [1.165, 1.54) is 47.1 Å². The van der Waals surface area contributed by atoms with Gasteiger partial charge in [0.15, 0.2) is 0 Å². The molecule has 26 heavy (non-hydrogen) atoms. The number of nitrogens with zero attached hydrogens (tertiary/aromatic N) is 1. The van der Waals surface area contributed by atoms with E-state index >= 15 is 0 Å². The second-order valence-electron chi connectivity index (χ2n) is 7.58. The van der Waals surface area contributed by atoms with E-state index in [2.05, 4.69) is 71.4 Å². The zero-order valence-corrected chi connectivity index (χ0v) is 15.6. The first-order valence-corrected chi connectivity index (χ1v) is 9.84. The highest BCUT2D eigenvalue weighted by Crippen LogP contribution is 2.44. The van der Waals surface area contributed by atoms with Gasteiger partial charge in [-0.05, 0) is 80.5 Å². The topological polar surface area (TPSA) is 45.0 Å². The van der Waals surface area contributed by atoms with Crippen molar-refractivity contribution in [2.45, 2.75) is 38.1 Å². The Hall–Kier alpha value is -2.10. The monoisotopic (exact) mass is 347 g/mol. The molecule has 1 aromatic heterocycles. The first-order chi connectivity index (χ1) is 12.8. The fourth-order valence-electron chi connectivity index (χ4n) is 4.54. The molecule has 1 saturated heterocycles. The summed E-state index contributed by atoms with van der Waals surface area (Å²) in [5.41, 5.74) is 11.1. The average Bonchev–Trinajstić information content (AvgIpc) is 3.24. The molecule has 1 fully saturated rings. The summed E-state index contributed by atoms with van der Waals surface area (Å²) in [7, 11) is 0. The van der Waals surface area contributed by atoms with Gasteiger partial charge in [-0.1, -0.05) is 36.4 Å². The fraction of sp³-hybridized carbons (Fsp3) is 0.391. The van der Waals surface area contributed by atoms with Crippen molar-refractivity contribution < 1.29 is 0 Å². The van der Waals surface area contributed by atoms with Crippen LogP contribution in [0.2, 0.25) is 0 Å². The van der Waals surface area contributed by atoms with Gasteiger partial charge in [0.1, 0.15) is 0 Å². The molecule has 0 bridgehead atoms. The van der Waals surface area contributed by atoms with Gasteiger partial charge in [-0.3, -0.25) is 4.90 Å². The zero-order valence-electron chi connectivity index (χ0n) is 15.6. The van der Waals surface area contributed by atoms with Gasteiger partial charge in [-0.15, -0.1) is 0 Å². The predicted molar refractivity (Wildman–Crippen MR) is 109 cm³/mol. The maximum absolute atomic E-state index is 5.72. The molecule has 2 atom stereocenters. The predicted octanol–water partition coefficient (Wildman–Crippen LogP) is 4.75. The summed E-state index contributed by atoms with van der Waals surface area (Å²) < 4.78 is 0. The molecule has 3 N–H and O–H groups in total. The van der Waals surface area contributed by atoms with Gasteiger partial charge >= 0.3 is 0 Å². The quantitative estimate of drug-likeness (QED) is 0.632. The van der Waals surface area contributed by atoms with Crippen LogP contribution < -0.4 is 5.73 Å². The van der Waals surface area contributed by atoms with Crippen molar-refractivity contribution in [3.8, 4) is 0 Å². The van der Waals surface area contributed by atoms with Crippen molar-refractivity contribution in [3.05, 3.63) is 71.4 Å². The Kier molecular flexibility index (Phi) is 5.09. The molecule has 3 heteroatoms. The molecule has 1 aliphatic heterocycles. The first kappa shape index (κ1) is 17.3. The molecule has 2 unspecified atom stereocenters. The fourth-order valence-corrected chi connectivity index (χ4v) is 4.54. The molecular weight excluding hydrogens is 318 g/mol. The van der Waals surface area contributed by atoms with Crippen LogP contribution in [0.1, 0.15) is 48.0 Å². The highest BCUT2D eigenvalue weighted by molar-refractivity contribution is 5.81. The Bertz CT molecular complexity index is 852. The zero-order chi connectivity index (χ0) is 17.9. The lowest BCUT2D eigenvalue weighted by Gasteiger charge is -2.29. The van der Waals surface area contributed by atoms with Crippen molar-refractivity contribution in [2.24, 2.45) is 5.73 Å². The second-order valence-corrected chi connectivity index (χ2v) is 7.58. The first-order valence-electron chi connectivity index (χ1n) is 9.84. The summed E-state index contributed by atoms with van der Waals surface area (Å²) in [5, 5.41) is 1.32. The number of hydrogen-bond donors (Lipinski definition) is 2. The van der Waals surface area contributed by atoms with Crippen molar-refractivity contribution in [1.29, 1.82) is 0 Å². The van der Waals surface area contributed by atoms with E-state index in [4.69, 9.17) is 5.73 Å². The third-order valence-corrected chi connectivity index (χ3v) is 5.75. The molecule has 0 radical (unpaired) electrons. The van der Waals surface area contributed by atoms with Crippen LogP contribution >= 0.6 is 0 Å². The van der Waals surface area contributed by atoms with Gasteiger partial charge < -0.3 is 10.7 Å². The summed E-state index contributed by atoms with van der Waals surface area (Å²) in [6.07, 6.45) is 3.51. The van der Waals surface area contributed by atoms with Crippen LogP contribution in [0.5, 0.6) is 0 Å². The number of aryl methyl sites for hydroxylation is 1. The number of unbranched alkanes of at least 4 members (excludes halogenated alkanes) is 1. The number of rotatable bonds is 6. The lowest BCUT2D eigenvalue weighted by molar-refractivity contribution is 0.243. The number of hydrogen-bond acceptors (Lipinski definition) is 2. The van der Waals surface area contributed by atoms with E-state index in [1.807, 2.05) is 0 Å². The molecule has 0 saturated carbocycles. The Labute approximate surface area is 156 Å². The normalized spacial score (nSPS) is 20.8. The van der Waals surface area contributed by atoms with E-state index in [-0.39, 0.29) is 0 Å². The van der Waals surface area contributed by atoms with Gasteiger partial charge in [-0.2, -0.15) is 0 Å². The lowest BCUT2D eigenvalue weighted by Crippen LogP contribution is -2.26. The SMILES string of the molecule is Cc1cc2cc(C3C(c4ccccc4)CCN3CCCCN)ccc2[nH]1. The summed E-state index contributed by atoms with van der Waals surface area (Å²) in [6, 6.07) is 20.7. The Morgan fingerprint density at radius 1 is 1.04 bits per heavy atom. The van der Waals surface area contributed by atoms with Crippen LogP contribution in [0, 0.1) is 6.92 Å². The summed E-state index contributed by atoms with van der Waals surface area (Å²) >= 11 is 0. The minimum atomic E-state index is 0.454. The average molecular weight is 348 g/mol. The van der Waals surface area contributed by atoms with Crippen LogP contribution in [-0.4, -0.2) is 29.5 Å². The molecule has 2 aromatic carbocycles. The van der Waals surface area contributed by atoms with Crippen molar-refractivity contribution >= 4 is 10.9 Å². The maximum atomic E-state index is 5.72. The van der Waals surface area contributed by atoms with E-state index in [0.717, 1.165) is 19.5 Å². The van der Waals surface area contributed by atoms with Gasteiger partial charge in [0.25, 0.3) is 0 Å². The highest BCUT2D eigenvalue weighted by atomic mass is 15.2. The van der Waals surface area contributed by atoms with Gasteiger partial charge in [0, 0.05) is 23.2 Å². The van der Waals surface area contributed by atoms with E-state index in [0.29, 0.717) is 12.0 Å². The summed E-state index contributed by atoms with van der Waals surface area (Å²) in [4.78, 5) is 6.12. The molecule has 0 spiro atoms. The van der Waals surface area contributed by atoms with Crippen LogP contribution in [0.4, 0.5) is 0 Å². The molecule has 1 aliphatic rings. The Balaban J connectivity index is 1.68. The number of likely N-dealkylation sites (tertiary alicyclic amines) is 1. The minimum absolute atomic E-state index is 0.454. The summed E-state index contributed by atoms with van der Waals surface area (Å²) in [5.74, 6) is 0.562. The second kappa shape index (κ2) is 7.65. The van der Waals surface area contributed by atoms with Gasteiger partial charge in [-0.25, -0.2) is 0 Å². The van der Waals surface area contributed by atoms with Crippen molar-refractivity contribution in [3.63, 3.8) is 0 Å². The highest BCUT2D eigenvalue weighted by Gasteiger charge is 2.35. The number of H-pyrrole nitrogens is 1.